The summed E-state index contributed by atoms with van der Waals surface area (Å²) in [5.74, 6) is 0.965. The number of hydrogen-bond donors (Lipinski definition) is 0. The monoisotopic (exact) mass is 193 g/mol. The zero-order chi connectivity index (χ0) is 9.26. The Kier molecular flexibility index (Phi) is 2.14. The molecule has 2 aromatic heterocycles. The Morgan fingerprint density at radius 3 is 3.00 bits per heavy atom. The molecule has 2 aromatic rings. The highest BCUT2D eigenvalue weighted by atomic mass is 32.1. The fourth-order valence-electron chi connectivity index (χ4n) is 1.30. The van der Waals surface area contributed by atoms with Crippen LogP contribution in [0.3, 0.4) is 0 Å². The summed E-state index contributed by atoms with van der Waals surface area (Å²) in [5, 5.41) is 10.1. The summed E-state index contributed by atoms with van der Waals surface area (Å²) in [6.07, 6.45) is 2.78. The fraction of sp³-hybridized carbons (Fsp3) is 0.333. The molecule has 13 heavy (non-hydrogen) atoms. The van der Waals surface area contributed by atoms with Crippen molar-refractivity contribution >= 4 is 11.3 Å². The van der Waals surface area contributed by atoms with E-state index in [0.29, 0.717) is 0 Å². The van der Waals surface area contributed by atoms with Crippen molar-refractivity contribution in [3.63, 3.8) is 0 Å². The molecule has 0 spiro atoms. The van der Waals surface area contributed by atoms with E-state index in [2.05, 4.69) is 28.6 Å². The van der Waals surface area contributed by atoms with Gasteiger partial charge in [0.2, 0.25) is 0 Å². The Labute approximate surface area is 81.1 Å². The summed E-state index contributed by atoms with van der Waals surface area (Å²) < 4.78 is 1.95. The van der Waals surface area contributed by atoms with Crippen LogP contribution in [-0.2, 0) is 13.5 Å². The Hall–Kier alpha value is -1.16. The van der Waals surface area contributed by atoms with Gasteiger partial charge in [0.15, 0.2) is 5.82 Å². The van der Waals surface area contributed by atoms with Crippen LogP contribution in [-0.4, -0.2) is 14.8 Å². The number of aryl methyl sites for hydroxylation is 2. The van der Waals surface area contributed by atoms with Crippen molar-refractivity contribution in [1.29, 1.82) is 0 Å². The van der Waals surface area contributed by atoms with Gasteiger partial charge in [-0.15, -0.1) is 21.5 Å². The van der Waals surface area contributed by atoms with Gasteiger partial charge in [-0.1, -0.05) is 6.92 Å². The number of thiophene rings is 1. The van der Waals surface area contributed by atoms with E-state index in [9.17, 15) is 0 Å². The largest absolute Gasteiger partial charge is 0.316 e. The molecule has 68 valence electrons. The highest BCUT2D eigenvalue weighted by molar-refractivity contribution is 7.13. The predicted molar refractivity (Wildman–Crippen MR) is 53.7 cm³/mol. The molecule has 0 unspecified atom stereocenters. The van der Waals surface area contributed by atoms with Crippen molar-refractivity contribution in [2.75, 3.05) is 0 Å². The van der Waals surface area contributed by atoms with Gasteiger partial charge >= 0.3 is 0 Å². The van der Waals surface area contributed by atoms with Crippen LogP contribution in [0, 0.1) is 0 Å². The first-order chi connectivity index (χ1) is 6.33. The molecular formula is C9H11N3S. The second-order valence-corrected chi connectivity index (χ2v) is 3.81. The predicted octanol–water partition coefficient (Wildman–Crippen LogP) is 2.11. The van der Waals surface area contributed by atoms with Crippen molar-refractivity contribution in [2.45, 2.75) is 13.3 Å². The molecule has 4 heteroatoms. The zero-order valence-electron chi connectivity index (χ0n) is 7.69. The maximum Gasteiger partial charge on any atom is 0.173 e. The van der Waals surface area contributed by atoms with Gasteiger partial charge in [-0.3, -0.25) is 0 Å². The van der Waals surface area contributed by atoms with Crippen LogP contribution in [0.15, 0.2) is 17.8 Å². The van der Waals surface area contributed by atoms with E-state index in [4.69, 9.17) is 0 Å². The third-order valence-electron chi connectivity index (χ3n) is 2.04. The number of nitrogens with zero attached hydrogens (tertiary/aromatic N) is 3. The molecule has 0 N–H and O–H groups in total. The number of rotatable bonds is 2. The van der Waals surface area contributed by atoms with Crippen LogP contribution in [0.2, 0.25) is 0 Å². The Bertz CT molecular complexity index is 402. The lowest BCUT2D eigenvalue weighted by Crippen LogP contribution is -1.91. The smallest absolute Gasteiger partial charge is 0.173 e. The van der Waals surface area contributed by atoms with Crippen molar-refractivity contribution in [1.82, 2.24) is 14.8 Å². The van der Waals surface area contributed by atoms with Crippen LogP contribution in [0.1, 0.15) is 12.5 Å². The lowest BCUT2D eigenvalue weighted by atomic mass is 10.2. The van der Waals surface area contributed by atoms with E-state index >= 15 is 0 Å². The minimum absolute atomic E-state index is 0.965. The highest BCUT2D eigenvalue weighted by Gasteiger charge is 2.09. The van der Waals surface area contributed by atoms with E-state index < -0.39 is 0 Å². The summed E-state index contributed by atoms with van der Waals surface area (Å²) in [5.41, 5.74) is 1.35. The van der Waals surface area contributed by atoms with E-state index in [1.54, 1.807) is 17.7 Å². The third kappa shape index (κ3) is 1.37. The standard InChI is InChI=1S/C9H11N3S/c1-3-7-4-5-13-8(7)9-11-10-6-12(9)2/h4-6H,3H2,1-2H3. The Morgan fingerprint density at radius 1 is 1.54 bits per heavy atom. The molecule has 0 bridgehead atoms. The fourth-order valence-corrected chi connectivity index (χ4v) is 2.32. The lowest BCUT2D eigenvalue weighted by molar-refractivity contribution is 0.919. The molecule has 0 aromatic carbocycles. The molecule has 0 radical (unpaired) electrons. The topological polar surface area (TPSA) is 30.7 Å². The Balaban J connectivity index is 2.52. The highest BCUT2D eigenvalue weighted by Crippen LogP contribution is 2.27. The van der Waals surface area contributed by atoms with Gasteiger partial charge in [0.25, 0.3) is 0 Å². The second kappa shape index (κ2) is 3.30. The van der Waals surface area contributed by atoms with Gasteiger partial charge < -0.3 is 4.57 Å². The third-order valence-corrected chi connectivity index (χ3v) is 2.99. The van der Waals surface area contributed by atoms with E-state index in [1.807, 2.05) is 11.6 Å². The minimum atomic E-state index is 0.965. The zero-order valence-corrected chi connectivity index (χ0v) is 8.51. The second-order valence-electron chi connectivity index (χ2n) is 2.89. The van der Waals surface area contributed by atoms with Crippen molar-refractivity contribution < 1.29 is 0 Å². The van der Waals surface area contributed by atoms with Gasteiger partial charge in [-0.2, -0.15) is 0 Å². The summed E-state index contributed by atoms with van der Waals surface area (Å²) in [4.78, 5) is 1.24. The van der Waals surface area contributed by atoms with Crippen LogP contribution in [0.5, 0.6) is 0 Å². The van der Waals surface area contributed by atoms with Gasteiger partial charge in [0.1, 0.15) is 6.33 Å². The maximum atomic E-state index is 4.09. The molecule has 3 nitrogen and oxygen atoms in total. The molecule has 0 saturated heterocycles. The van der Waals surface area contributed by atoms with E-state index in [0.717, 1.165) is 12.2 Å². The molecule has 0 fully saturated rings. The van der Waals surface area contributed by atoms with Crippen LogP contribution in [0.25, 0.3) is 10.7 Å². The van der Waals surface area contributed by atoms with Crippen LogP contribution >= 0.6 is 11.3 Å². The molecule has 2 rings (SSSR count). The first-order valence-electron chi connectivity index (χ1n) is 4.23. The van der Waals surface area contributed by atoms with Crippen LogP contribution in [0.4, 0.5) is 0 Å². The molecule has 0 atom stereocenters. The van der Waals surface area contributed by atoms with Crippen molar-refractivity contribution in [2.24, 2.45) is 7.05 Å². The van der Waals surface area contributed by atoms with Gasteiger partial charge in [-0.05, 0) is 23.4 Å². The molecule has 0 saturated carbocycles. The number of aromatic nitrogens is 3. The molecule has 0 amide bonds. The number of hydrogen-bond acceptors (Lipinski definition) is 3. The van der Waals surface area contributed by atoms with E-state index in [-0.39, 0.29) is 0 Å². The quantitative estimate of drug-likeness (QED) is 0.731. The maximum absolute atomic E-state index is 4.09. The average molecular weight is 193 g/mol. The molecule has 2 heterocycles. The summed E-state index contributed by atoms with van der Waals surface area (Å²) in [7, 11) is 1.97. The van der Waals surface area contributed by atoms with Crippen molar-refractivity contribution in [3.05, 3.63) is 23.3 Å². The molecule has 0 aliphatic heterocycles. The normalized spacial score (nSPS) is 10.6. The molecule has 0 aliphatic rings. The van der Waals surface area contributed by atoms with Gasteiger partial charge in [0.05, 0.1) is 4.88 Å². The molecular weight excluding hydrogens is 182 g/mol. The van der Waals surface area contributed by atoms with Gasteiger partial charge in [-0.25, -0.2) is 0 Å². The first-order valence-corrected chi connectivity index (χ1v) is 5.11. The average Bonchev–Trinajstić information content (AvgIpc) is 2.71. The van der Waals surface area contributed by atoms with Crippen molar-refractivity contribution in [3.8, 4) is 10.7 Å². The summed E-state index contributed by atoms with van der Waals surface area (Å²) >= 11 is 1.72. The van der Waals surface area contributed by atoms with Gasteiger partial charge in [0, 0.05) is 7.05 Å². The SMILES string of the molecule is CCc1ccsc1-c1nncn1C. The summed E-state index contributed by atoms with van der Waals surface area (Å²) in [6, 6.07) is 2.15. The molecule has 0 aliphatic carbocycles. The minimum Gasteiger partial charge on any atom is -0.316 e. The Morgan fingerprint density at radius 2 is 2.38 bits per heavy atom. The van der Waals surface area contributed by atoms with Crippen LogP contribution < -0.4 is 0 Å². The first kappa shape index (κ1) is 8.44. The van der Waals surface area contributed by atoms with E-state index in [1.165, 1.54) is 10.4 Å². The lowest BCUT2D eigenvalue weighted by Gasteiger charge is -1.99. The summed E-state index contributed by atoms with van der Waals surface area (Å²) in [6.45, 7) is 2.15.